The Kier molecular flexibility index (Phi) is 8.57. The highest BCUT2D eigenvalue weighted by molar-refractivity contribution is 6.74. The van der Waals surface area contributed by atoms with E-state index in [1.807, 2.05) is 0 Å². The summed E-state index contributed by atoms with van der Waals surface area (Å²) in [6, 6.07) is 9.77. The van der Waals surface area contributed by atoms with Crippen LogP contribution >= 0.6 is 0 Å². The van der Waals surface area contributed by atoms with Crippen molar-refractivity contribution in [1.82, 2.24) is 4.98 Å². The minimum Gasteiger partial charge on any atom is -0.413 e. The molecule has 2 saturated carbocycles. The Morgan fingerprint density at radius 1 is 1.02 bits per heavy atom. The zero-order valence-electron chi connectivity index (χ0n) is 26.8. The van der Waals surface area contributed by atoms with E-state index in [-0.39, 0.29) is 5.04 Å². The van der Waals surface area contributed by atoms with E-state index in [0.29, 0.717) is 11.5 Å². The quantitative estimate of drug-likeness (QED) is 0.301. The SMILES string of the molecule is CCC/C=C(\CCC)c1cncc(-c2ccc3c(c2)CC[C@@H]2[C@@H]3CC[C@]3(C)[C@H](O[Si](C)(C)C(C)(C)C)CC[C@@H]23)c1. The third-order valence-corrected chi connectivity index (χ3v) is 16.0. The summed E-state index contributed by atoms with van der Waals surface area (Å²) in [5, 5.41) is 0.276. The molecule has 0 radical (unpaired) electrons. The molecular weight excluding hydrogens is 502 g/mol. The van der Waals surface area contributed by atoms with Gasteiger partial charge >= 0.3 is 0 Å². The average molecular weight is 558 g/mol. The van der Waals surface area contributed by atoms with Crippen molar-refractivity contribution in [2.45, 2.75) is 136 Å². The van der Waals surface area contributed by atoms with Gasteiger partial charge in [0, 0.05) is 18.0 Å². The van der Waals surface area contributed by atoms with E-state index in [9.17, 15) is 0 Å². The number of nitrogens with zero attached hydrogens (tertiary/aromatic N) is 1. The van der Waals surface area contributed by atoms with Gasteiger partial charge < -0.3 is 4.43 Å². The van der Waals surface area contributed by atoms with Crippen molar-refractivity contribution >= 4 is 13.9 Å². The Morgan fingerprint density at radius 2 is 1.82 bits per heavy atom. The first-order valence-corrected chi connectivity index (χ1v) is 19.3. The fraction of sp³-hybridized carbons (Fsp3) is 0.649. The molecule has 0 aliphatic heterocycles. The lowest BCUT2D eigenvalue weighted by molar-refractivity contribution is -0.0164. The number of unbranched alkanes of at least 4 members (excludes halogenated alkanes) is 1. The van der Waals surface area contributed by atoms with Gasteiger partial charge in [-0.1, -0.05) is 78.7 Å². The molecule has 1 aromatic heterocycles. The van der Waals surface area contributed by atoms with Gasteiger partial charge in [0.25, 0.3) is 0 Å². The van der Waals surface area contributed by atoms with Gasteiger partial charge in [-0.3, -0.25) is 4.98 Å². The van der Waals surface area contributed by atoms with Crippen LogP contribution in [-0.4, -0.2) is 19.4 Å². The molecule has 2 nitrogen and oxygen atoms in total. The smallest absolute Gasteiger partial charge is 0.192 e. The standard InChI is InChI=1S/C37H55NOSi/c1-9-11-13-26(12-10-2)29-23-30(25-38-24-29)27-14-16-31-28(22-27)15-17-33-32(31)20-21-37(6)34(33)18-19-35(37)39-40(7,8)36(3,4)5/h13-14,16,22-25,32-35H,9-12,15,17-21H2,1-8H3/b26-13+/t32-,33-,34+,35-,37+/m1/s1. The van der Waals surface area contributed by atoms with E-state index in [1.54, 1.807) is 11.1 Å². The Morgan fingerprint density at radius 3 is 2.55 bits per heavy atom. The van der Waals surface area contributed by atoms with Gasteiger partial charge in [-0.2, -0.15) is 0 Å². The van der Waals surface area contributed by atoms with E-state index in [2.05, 4.69) is 97.4 Å². The number of benzene rings is 1. The molecular formula is C37H55NOSi. The predicted octanol–water partition coefficient (Wildman–Crippen LogP) is 11.0. The van der Waals surface area contributed by atoms with Gasteiger partial charge in [-0.25, -0.2) is 0 Å². The Labute approximate surface area is 246 Å². The molecule has 3 aliphatic rings. The molecule has 218 valence electrons. The van der Waals surface area contributed by atoms with E-state index in [4.69, 9.17) is 9.41 Å². The van der Waals surface area contributed by atoms with Crippen LogP contribution in [-0.2, 0) is 10.8 Å². The molecule has 1 aromatic carbocycles. The first kappa shape index (κ1) is 29.8. The molecule has 0 saturated heterocycles. The highest BCUT2D eigenvalue weighted by Crippen LogP contribution is 2.62. The topological polar surface area (TPSA) is 22.1 Å². The van der Waals surface area contributed by atoms with Crippen LogP contribution in [0.3, 0.4) is 0 Å². The number of allylic oxidation sites excluding steroid dienone is 2. The minimum absolute atomic E-state index is 0.276. The van der Waals surface area contributed by atoms with Crippen LogP contribution in [0.1, 0.15) is 122 Å². The van der Waals surface area contributed by atoms with Crippen LogP contribution in [0, 0.1) is 17.3 Å². The lowest BCUT2D eigenvalue weighted by Crippen LogP contribution is -2.50. The number of fused-ring (bicyclic) bond motifs is 5. The second-order valence-electron chi connectivity index (χ2n) is 15.0. The van der Waals surface area contributed by atoms with Gasteiger partial charge in [-0.15, -0.1) is 0 Å². The summed E-state index contributed by atoms with van der Waals surface area (Å²) < 4.78 is 7.14. The van der Waals surface area contributed by atoms with Gasteiger partial charge in [0.15, 0.2) is 8.32 Å². The molecule has 0 spiro atoms. The van der Waals surface area contributed by atoms with E-state index < -0.39 is 8.32 Å². The summed E-state index contributed by atoms with van der Waals surface area (Å²) in [6.45, 7) is 19.2. The highest BCUT2D eigenvalue weighted by atomic mass is 28.4. The fourth-order valence-corrected chi connectivity index (χ4v) is 9.62. The zero-order chi connectivity index (χ0) is 28.7. The van der Waals surface area contributed by atoms with Gasteiger partial charge in [0.1, 0.15) is 0 Å². The second kappa shape index (κ2) is 11.5. The summed E-state index contributed by atoms with van der Waals surface area (Å²) in [7, 11) is -1.76. The molecule has 5 atom stereocenters. The van der Waals surface area contributed by atoms with Crippen molar-refractivity contribution in [1.29, 1.82) is 0 Å². The third kappa shape index (κ3) is 5.54. The first-order chi connectivity index (χ1) is 19.0. The molecule has 3 aliphatic carbocycles. The molecule has 0 N–H and O–H groups in total. The molecule has 0 bridgehead atoms. The van der Waals surface area contributed by atoms with E-state index in [0.717, 1.165) is 30.6 Å². The molecule has 0 amide bonds. The summed E-state index contributed by atoms with van der Waals surface area (Å²) in [4.78, 5) is 4.69. The fourth-order valence-electron chi connectivity index (χ4n) is 8.17. The zero-order valence-corrected chi connectivity index (χ0v) is 27.8. The number of rotatable bonds is 8. The van der Waals surface area contributed by atoms with Crippen molar-refractivity contribution in [3.63, 3.8) is 0 Å². The van der Waals surface area contributed by atoms with E-state index in [1.165, 1.54) is 73.6 Å². The van der Waals surface area contributed by atoms with Crippen LogP contribution in [0.2, 0.25) is 18.1 Å². The predicted molar refractivity (Wildman–Crippen MR) is 174 cm³/mol. The molecule has 40 heavy (non-hydrogen) atoms. The summed E-state index contributed by atoms with van der Waals surface area (Å²) in [6.07, 6.45) is 19.4. The molecule has 2 fully saturated rings. The van der Waals surface area contributed by atoms with Crippen LogP contribution in [0.5, 0.6) is 0 Å². The van der Waals surface area contributed by atoms with Crippen molar-refractivity contribution < 1.29 is 4.43 Å². The van der Waals surface area contributed by atoms with Crippen molar-refractivity contribution in [2.24, 2.45) is 17.3 Å². The average Bonchev–Trinajstić information content (AvgIpc) is 3.25. The van der Waals surface area contributed by atoms with Crippen LogP contribution in [0.25, 0.3) is 16.7 Å². The minimum atomic E-state index is -1.76. The monoisotopic (exact) mass is 557 g/mol. The lowest BCUT2D eigenvalue weighted by atomic mass is 9.55. The first-order valence-electron chi connectivity index (χ1n) is 16.4. The van der Waals surface area contributed by atoms with Gasteiger partial charge in [0.2, 0.25) is 0 Å². The highest BCUT2D eigenvalue weighted by Gasteiger charge is 2.56. The number of hydrogen-bond acceptors (Lipinski definition) is 2. The summed E-state index contributed by atoms with van der Waals surface area (Å²) in [5.74, 6) is 2.34. The molecule has 2 aromatic rings. The Balaban J connectivity index is 1.36. The molecule has 1 heterocycles. The second-order valence-corrected chi connectivity index (χ2v) is 19.8. The van der Waals surface area contributed by atoms with Gasteiger partial charge in [-0.05, 0) is 127 Å². The normalized spacial score (nSPS) is 28.6. The number of pyridine rings is 1. The third-order valence-electron chi connectivity index (χ3n) is 11.5. The number of hydrogen-bond donors (Lipinski definition) is 0. The molecule has 3 heteroatoms. The van der Waals surface area contributed by atoms with Crippen molar-refractivity contribution in [2.75, 3.05) is 0 Å². The van der Waals surface area contributed by atoms with Crippen molar-refractivity contribution in [3.8, 4) is 11.1 Å². The van der Waals surface area contributed by atoms with Gasteiger partial charge in [0.05, 0.1) is 6.10 Å². The summed E-state index contributed by atoms with van der Waals surface area (Å²) >= 11 is 0. The summed E-state index contributed by atoms with van der Waals surface area (Å²) in [5.41, 5.74) is 8.94. The van der Waals surface area contributed by atoms with E-state index >= 15 is 0 Å². The lowest BCUT2D eigenvalue weighted by Gasteiger charge is -2.52. The van der Waals surface area contributed by atoms with Crippen LogP contribution in [0.4, 0.5) is 0 Å². The van der Waals surface area contributed by atoms with Crippen LogP contribution < -0.4 is 0 Å². The largest absolute Gasteiger partial charge is 0.413 e. The Hall–Kier alpha value is -1.71. The maximum Gasteiger partial charge on any atom is 0.192 e. The molecule has 5 rings (SSSR count). The maximum absolute atomic E-state index is 7.14. The maximum atomic E-state index is 7.14. The van der Waals surface area contributed by atoms with Crippen LogP contribution in [0.15, 0.2) is 42.7 Å². The number of aromatic nitrogens is 1. The number of aryl methyl sites for hydroxylation is 1. The Bertz CT molecular complexity index is 1220. The van der Waals surface area contributed by atoms with Crippen molar-refractivity contribution in [3.05, 3.63) is 59.4 Å². The molecule has 0 unspecified atom stereocenters.